The molecule has 0 N–H and O–H groups in total. The number of aromatic nitrogens is 2. The predicted octanol–water partition coefficient (Wildman–Crippen LogP) is 5.31. The highest BCUT2D eigenvalue weighted by Crippen LogP contribution is 2.36. The van der Waals surface area contributed by atoms with Crippen molar-refractivity contribution in [1.82, 2.24) is 9.97 Å². The van der Waals surface area contributed by atoms with Crippen molar-refractivity contribution in [1.29, 1.82) is 0 Å². The molecule has 0 aliphatic rings. The summed E-state index contributed by atoms with van der Waals surface area (Å²) in [6.07, 6.45) is 1.52. The first kappa shape index (κ1) is 13.5. The first-order valence-corrected chi connectivity index (χ1v) is 7.71. The number of rotatable bonds is 1. The Balaban J connectivity index is 2.10. The van der Waals surface area contributed by atoms with Gasteiger partial charge < -0.3 is 0 Å². The summed E-state index contributed by atoms with van der Waals surface area (Å²) in [6, 6.07) is 8.67. The Morgan fingerprint density at radius 1 is 1.05 bits per heavy atom. The Labute approximate surface area is 127 Å². The summed E-state index contributed by atoms with van der Waals surface area (Å²) < 4.78 is 0.948. The van der Waals surface area contributed by atoms with Crippen LogP contribution in [0.15, 0.2) is 36.0 Å². The quantitative estimate of drug-likeness (QED) is 0.569. The summed E-state index contributed by atoms with van der Waals surface area (Å²) in [7, 11) is 0. The number of halogens is 1. The Hall–Kier alpha value is -1.45. The van der Waals surface area contributed by atoms with Gasteiger partial charge in [-0.25, -0.2) is 9.97 Å². The lowest BCUT2D eigenvalue weighted by atomic mass is 9.86. The molecule has 0 bridgehead atoms. The second kappa shape index (κ2) is 4.83. The highest BCUT2D eigenvalue weighted by Gasteiger charge is 2.15. The molecule has 0 radical (unpaired) electrons. The minimum atomic E-state index is 0.167. The Kier molecular flexibility index (Phi) is 3.27. The van der Waals surface area contributed by atoms with Gasteiger partial charge in [0, 0.05) is 10.9 Å². The Morgan fingerprint density at radius 2 is 1.75 bits per heavy atom. The van der Waals surface area contributed by atoms with Gasteiger partial charge in [-0.1, -0.05) is 56.6 Å². The lowest BCUT2D eigenvalue weighted by Crippen LogP contribution is -2.10. The zero-order chi connectivity index (χ0) is 14.3. The molecule has 0 aliphatic carbocycles. The topological polar surface area (TPSA) is 25.8 Å². The summed E-state index contributed by atoms with van der Waals surface area (Å²) in [6.45, 7) is 6.65. The summed E-state index contributed by atoms with van der Waals surface area (Å²) in [5.41, 5.74) is 4.71. The van der Waals surface area contributed by atoms with Crippen molar-refractivity contribution in [2.75, 3.05) is 0 Å². The largest absolute Gasteiger partial charge is 0.235 e. The number of hydrogen-bond acceptors (Lipinski definition) is 3. The van der Waals surface area contributed by atoms with Gasteiger partial charge in [-0.05, 0) is 16.5 Å². The minimum Gasteiger partial charge on any atom is -0.235 e. The summed E-state index contributed by atoms with van der Waals surface area (Å²) >= 11 is 7.69. The molecule has 3 rings (SSSR count). The number of hydrogen-bond donors (Lipinski definition) is 0. The third kappa shape index (κ3) is 2.32. The van der Waals surface area contributed by atoms with E-state index in [4.69, 9.17) is 11.6 Å². The predicted molar refractivity (Wildman–Crippen MR) is 86.6 cm³/mol. The van der Waals surface area contributed by atoms with Crippen LogP contribution < -0.4 is 0 Å². The molecule has 20 heavy (non-hydrogen) atoms. The minimum absolute atomic E-state index is 0.167. The van der Waals surface area contributed by atoms with E-state index in [1.54, 1.807) is 11.3 Å². The van der Waals surface area contributed by atoms with Crippen molar-refractivity contribution in [3.8, 4) is 11.1 Å². The van der Waals surface area contributed by atoms with E-state index in [0.717, 1.165) is 15.8 Å². The molecule has 4 heteroatoms. The highest BCUT2D eigenvalue weighted by molar-refractivity contribution is 7.18. The molecule has 0 fully saturated rings. The van der Waals surface area contributed by atoms with Crippen LogP contribution in [0.5, 0.6) is 0 Å². The molecule has 3 aromatic rings. The van der Waals surface area contributed by atoms with Crippen molar-refractivity contribution in [2.45, 2.75) is 26.2 Å². The molecule has 0 aliphatic heterocycles. The smallest absolute Gasteiger partial charge is 0.150 e. The van der Waals surface area contributed by atoms with E-state index in [9.17, 15) is 0 Å². The maximum Gasteiger partial charge on any atom is 0.150 e. The van der Waals surface area contributed by atoms with E-state index in [1.807, 2.05) is 0 Å². The standard InChI is InChI=1S/C16H15ClN2S/c1-16(2,3)11-6-4-10(5-7-11)12-8-20-14-13(12)18-9-19-15(14)17/h4-9H,1-3H3. The second-order valence-corrected chi connectivity index (χ2v) is 7.06. The van der Waals surface area contributed by atoms with E-state index in [1.165, 1.54) is 17.5 Å². The molecule has 0 amide bonds. The molecular weight excluding hydrogens is 288 g/mol. The van der Waals surface area contributed by atoms with E-state index >= 15 is 0 Å². The molecule has 0 saturated heterocycles. The molecule has 1 aromatic carbocycles. The maximum atomic E-state index is 6.10. The fourth-order valence-electron chi connectivity index (χ4n) is 2.18. The van der Waals surface area contributed by atoms with Crippen molar-refractivity contribution in [3.63, 3.8) is 0 Å². The van der Waals surface area contributed by atoms with Crippen molar-refractivity contribution >= 4 is 33.2 Å². The van der Waals surface area contributed by atoms with Crippen molar-refractivity contribution in [3.05, 3.63) is 46.7 Å². The van der Waals surface area contributed by atoms with Gasteiger partial charge >= 0.3 is 0 Å². The average molecular weight is 303 g/mol. The Bertz CT molecular complexity index is 754. The second-order valence-electron chi connectivity index (χ2n) is 5.82. The van der Waals surface area contributed by atoms with Gasteiger partial charge in [-0.15, -0.1) is 11.3 Å². The summed E-state index contributed by atoms with van der Waals surface area (Å²) in [5.74, 6) is 0. The molecule has 0 atom stereocenters. The summed E-state index contributed by atoms with van der Waals surface area (Å²) in [4.78, 5) is 8.39. The fraction of sp³-hybridized carbons (Fsp3) is 0.250. The molecule has 102 valence electrons. The van der Waals surface area contributed by atoms with Crippen molar-refractivity contribution < 1.29 is 0 Å². The van der Waals surface area contributed by atoms with Gasteiger partial charge in [0.25, 0.3) is 0 Å². The maximum absolute atomic E-state index is 6.10. The normalized spacial score (nSPS) is 12.0. The number of benzene rings is 1. The summed E-state index contributed by atoms with van der Waals surface area (Å²) in [5, 5.41) is 2.62. The van der Waals surface area contributed by atoms with E-state index in [-0.39, 0.29) is 5.41 Å². The molecule has 0 spiro atoms. The SMILES string of the molecule is CC(C)(C)c1ccc(-c2csc3c(Cl)ncnc23)cc1. The average Bonchev–Trinajstić information content (AvgIpc) is 2.83. The van der Waals surface area contributed by atoms with Gasteiger partial charge in [-0.2, -0.15) is 0 Å². The van der Waals surface area contributed by atoms with Crippen LogP contribution in [0, 0.1) is 0 Å². The first-order valence-electron chi connectivity index (χ1n) is 6.45. The number of fused-ring (bicyclic) bond motifs is 1. The van der Waals surface area contributed by atoms with Crippen molar-refractivity contribution in [2.24, 2.45) is 0 Å². The van der Waals surface area contributed by atoms with Crippen LogP contribution in [0.4, 0.5) is 0 Å². The van der Waals surface area contributed by atoms with Crippen LogP contribution in [0.1, 0.15) is 26.3 Å². The lowest BCUT2D eigenvalue weighted by Gasteiger charge is -2.19. The Morgan fingerprint density at radius 3 is 2.40 bits per heavy atom. The zero-order valence-electron chi connectivity index (χ0n) is 11.6. The van der Waals surface area contributed by atoms with Gasteiger partial charge in [0.1, 0.15) is 11.5 Å². The van der Waals surface area contributed by atoms with Gasteiger partial charge in [0.15, 0.2) is 0 Å². The van der Waals surface area contributed by atoms with E-state index in [2.05, 4.69) is 60.4 Å². The fourth-order valence-corrected chi connectivity index (χ4v) is 3.35. The van der Waals surface area contributed by atoms with Gasteiger partial charge in [-0.3, -0.25) is 0 Å². The highest BCUT2D eigenvalue weighted by atomic mass is 35.5. The van der Waals surface area contributed by atoms with Gasteiger partial charge in [0.05, 0.1) is 10.2 Å². The molecule has 2 heterocycles. The molecule has 2 nitrogen and oxygen atoms in total. The molecule has 0 saturated carbocycles. The number of nitrogens with zero attached hydrogens (tertiary/aromatic N) is 2. The zero-order valence-corrected chi connectivity index (χ0v) is 13.2. The molecule has 2 aromatic heterocycles. The van der Waals surface area contributed by atoms with Crippen LogP contribution >= 0.6 is 22.9 Å². The van der Waals surface area contributed by atoms with Crippen LogP contribution in [0.2, 0.25) is 5.15 Å². The van der Waals surface area contributed by atoms with Crippen LogP contribution in [-0.4, -0.2) is 9.97 Å². The van der Waals surface area contributed by atoms with E-state index < -0.39 is 0 Å². The van der Waals surface area contributed by atoms with Gasteiger partial charge in [0.2, 0.25) is 0 Å². The third-order valence-electron chi connectivity index (χ3n) is 3.37. The number of thiophene rings is 1. The molecular formula is C16H15ClN2S. The first-order chi connectivity index (χ1) is 9.47. The lowest BCUT2D eigenvalue weighted by molar-refractivity contribution is 0.590. The van der Waals surface area contributed by atoms with Crippen LogP contribution in [-0.2, 0) is 5.41 Å². The monoisotopic (exact) mass is 302 g/mol. The molecule has 0 unspecified atom stereocenters. The van der Waals surface area contributed by atoms with Crippen LogP contribution in [0.3, 0.4) is 0 Å². The van der Waals surface area contributed by atoms with Crippen LogP contribution in [0.25, 0.3) is 21.3 Å². The third-order valence-corrected chi connectivity index (χ3v) is 4.75. The van der Waals surface area contributed by atoms with E-state index in [0.29, 0.717) is 5.15 Å².